The van der Waals surface area contributed by atoms with Gasteiger partial charge in [-0.3, -0.25) is 9.69 Å². The molecule has 6 nitrogen and oxygen atoms in total. The molecule has 1 amide bonds. The first-order chi connectivity index (χ1) is 13.2. The monoisotopic (exact) mass is 387 g/mol. The summed E-state index contributed by atoms with van der Waals surface area (Å²) in [6.07, 6.45) is 8.60. The second kappa shape index (κ2) is 8.10. The molecule has 2 aliphatic rings. The van der Waals surface area contributed by atoms with Crippen LogP contribution < -0.4 is 10.2 Å². The molecule has 3 heterocycles. The number of carbonyl (C=O) groups is 1. The minimum absolute atomic E-state index is 0.00550. The number of fused-ring (bicyclic) bond motifs is 3. The Kier molecular flexibility index (Phi) is 5.59. The van der Waals surface area contributed by atoms with Crippen LogP contribution in [0.1, 0.15) is 48.4 Å². The zero-order valence-corrected chi connectivity index (χ0v) is 17.2. The predicted octanol–water partition coefficient (Wildman–Crippen LogP) is 2.74. The molecule has 0 spiro atoms. The lowest BCUT2D eigenvalue weighted by Crippen LogP contribution is -2.34. The van der Waals surface area contributed by atoms with E-state index in [2.05, 4.69) is 10.2 Å². The van der Waals surface area contributed by atoms with E-state index in [0.717, 1.165) is 48.9 Å². The molecule has 1 N–H and O–H groups in total. The summed E-state index contributed by atoms with van der Waals surface area (Å²) in [6.45, 7) is 3.38. The van der Waals surface area contributed by atoms with Gasteiger partial charge in [-0.1, -0.05) is 6.42 Å². The highest BCUT2D eigenvalue weighted by Crippen LogP contribution is 2.39. The lowest BCUT2D eigenvalue weighted by Gasteiger charge is -2.26. The predicted molar refractivity (Wildman–Crippen MR) is 111 cm³/mol. The van der Waals surface area contributed by atoms with E-state index >= 15 is 0 Å². The number of rotatable bonds is 5. The number of nitrogens with one attached hydrogen (secondary N) is 1. The van der Waals surface area contributed by atoms with Crippen molar-refractivity contribution in [2.45, 2.75) is 51.5 Å². The summed E-state index contributed by atoms with van der Waals surface area (Å²) >= 11 is 1.84. The van der Waals surface area contributed by atoms with E-state index in [9.17, 15) is 4.79 Å². The highest BCUT2D eigenvalue weighted by atomic mass is 32.1. The van der Waals surface area contributed by atoms with Crippen LogP contribution in [0, 0.1) is 0 Å². The number of likely N-dealkylation sites (N-methyl/N-ethyl adjacent to an activating group) is 2. The van der Waals surface area contributed by atoms with E-state index in [4.69, 9.17) is 9.97 Å². The van der Waals surface area contributed by atoms with Crippen LogP contribution in [0.25, 0.3) is 10.2 Å². The Morgan fingerprint density at radius 3 is 2.70 bits per heavy atom. The van der Waals surface area contributed by atoms with Gasteiger partial charge in [0, 0.05) is 19.0 Å². The van der Waals surface area contributed by atoms with Crippen LogP contribution in [-0.4, -0.2) is 54.5 Å². The van der Waals surface area contributed by atoms with Crippen LogP contribution in [0.3, 0.4) is 0 Å². The van der Waals surface area contributed by atoms with Gasteiger partial charge >= 0.3 is 0 Å². The van der Waals surface area contributed by atoms with Crippen LogP contribution >= 0.6 is 11.3 Å². The fourth-order valence-electron chi connectivity index (χ4n) is 4.21. The number of nitrogens with zero attached hydrogens (tertiary/aromatic N) is 4. The Morgan fingerprint density at radius 1 is 1.15 bits per heavy atom. The summed E-state index contributed by atoms with van der Waals surface area (Å²) in [5.41, 5.74) is 1.42. The first-order valence-corrected chi connectivity index (χ1v) is 10.9. The molecule has 0 bridgehead atoms. The largest absolute Gasteiger partial charge is 0.358 e. The molecular formula is C20H29N5OS. The first kappa shape index (κ1) is 18.6. The highest BCUT2D eigenvalue weighted by molar-refractivity contribution is 7.19. The molecule has 2 aromatic heterocycles. The maximum Gasteiger partial charge on any atom is 0.239 e. The molecule has 146 valence electrons. The van der Waals surface area contributed by atoms with Crippen LogP contribution in [-0.2, 0) is 24.2 Å². The van der Waals surface area contributed by atoms with Gasteiger partial charge in [-0.2, -0.15) is 0 Å². The minimum atomic E-state index is 0.00550. The summed E-state index contributed by atoms with van der Waals surface area (Å²) in [5, 5.41) is 3.90. The maximum absolute atomic E-state index is 12.0. The summed E-state index contributed by atoms with van der Waals surface area (Å²) < 4.78 is 0. The summed E-state index contributed by atoms with van der Waals surface area (Å²) in [4.78, 5) is 28.9. The van der Waals surface area contributed by atoms with Crippen LogP contribution in [0.5, 0.6) is 0 Å². The number of anilines is 1. The average Bonchev–Trinajstić information content (AvgIpc) is 3.06. The third-order valence-corrected chi connectivity index (χ3v) is 6.86. The second-order valence-corrected chi connectivity index (χ2v) is 8.80. The summed E-state index contributed by atoms with van der Waals surface area (Å²) in [5.74, 6) is 1.82. The van der Waals surface area contributed by atoms with Gasteiger partial charge in [-0.25, -0.2) is 9.97 Å². The lowest BCUT2D eigenvalue weighted by molar-refractivity contribution is -0.119. The molecule has 0 unspecified atom stereocenters. The fraction of sp³-hybridized carbons (Fsp3) is 0.650. The molecule has 0 radical (unpaired) electrons. The maximum atomic E-state index is 12.0. The third-order valence-electron chi connectivity index (χ3n) is 5.68. The van der Waals surface area contributed by atoms with Crippen molar-refractivity contribution < 1.29 is 4.79 Å². The number of thiophene rings is 1. The molecule has 1 aliphatic carbocycles. The van der Waals surface area contributed by atoms with Crippen molar-refractivity contribution in [1.29, 1.82) is 0 Å². The first-order valence-electron chi connectivity index (χ1n) is 10.1. The Bertz CT molecular complexity index is 827. The quantitative estimate of drug-likeness (QED) is 0.855. The van der Waals surface area contributed by atoms with E-state index in [1.807, 2.05) is 23.3 Å². The summed E-state index contributed by atoms with van der Waals surface area (Å²) in [6, 6.07) is 0. The van der Waals surface area contributed by atoms with E-state index in [0.29, 0.717) is 6.54 Å². The van der Waals surface area contributed by atoms with E-state index in [1.165, 1.54) is 47.9 Å². The van der Waals surface area contributed by atoms with Crippen molar-refractivity contribution in [1.82, 2.24) is 20.2 Å². The number of aryl methyl sites for hydroxylation is 2. The van der Waals surface area contributed by atoms with Gasteiger partial charge in [-0.05, 0) is 57.2 Å². The van der Waals surface area contributed by atoms with Crippen molar-refractivity contribution in [3.8, 4) is 0 Å². The molecule has 0 atom stereocenters. The molecule has 1 saturated heterocycles. The highest BCUT2D eigenvalue weighted by Gasteiger charge is 2.24. The van der Waals surface area contributed by atoms with E-state index in [-0.39, 0.29) is 5.91 Å². The zero-order valence-electron chi connectivity index (χ0n) is 16.4. The topological polar surface area (TPSA) is 61.4 Å². The normalized spacial score (nSPS) is 17.7. The van der Waals surface area contributed by atoms with E-state index < -0.39 is 0 Å². The van der Waals surface area contributed by atoms with Crippen molar-refractivity contribution >= 4 is 33.3 Å². The van der Waals surface area contributed by atoms with Gasteiger partial charge in [0.2, 0.25) is 5.91 Å². The Balaban J connectivity index is 1.73. The van der Waals surface area contributed by atoms with Gasteiger partial charge in [-0.15, -0.1) is 11.3 Å². The molecule has 0 aromatic carbocycles. The number of hydrogen-bond acceptors (Lipinski definition) is 6. The van der Waals surface area contributed by atoms with Gasteiger partial charge in [0.05, 0.1) is 18.5 Å². The molecular weight excluding hydrogens is 358 g/mol. The molecule has 0 saturated carbocycles. The number of carbonyl (C=O) groups excluding carboxylic acids is 1. The Labute approximate surface area is 165 Å². The number of piperidine rings is 1. The summed E-state index contributed by atoms with van der Waals surface area (Å²) in [7, 11) is 3.65. The standard InChI is InChI=1S/C20H29N5OS/c1-21-17(26)13-24(2)19-18-14-8-4-5-9-15(14)27-20(18)23-16(22-19)12-25-10-6-3-7-11-25/h3-13H2,1-2H3,(H,21,26). The fourth-order valence-corrected chi connectivity index (χ4v) is 5.49. The van der Waals surface area contributed by atoms with Gasteiger partial charge in [0.15, 0.2) is 0 Å². The second-order valence-electron chi connectivity index (χ2n) is 7.72. The van der Waals surface area contributed by atoms with Crippen molar-refractivity contribution in [2.75, 3.05) is 38.6 Å². The lowest BCUT2D eigenvalue weighted by atomic mass is 9.97. The smallest absolute Gasteiger partial charge is 0.239 e. The Morgan fingerprint density at radius 2 is 1.93 bits per heavy atom. The van der Waals surface area contributed by atoms with Gasteiger partial charge < -0.3 is 10.2 Å². The SMILES string of the molecule is CNC(=O)CN(C)c1nc(CN2CCCCC2)nc2sc3c(c12)CCCC3. The third kappa shape index (κ3) is 3.94. The van der Waals surface area contributed by atoms with Crippen molar-refractivity contribution in [2.24, 2.45) is 0 Å². The van der Waals surface area contributed by atoms with E-state index in [1.54, 1.807) is 7.05 Å². The molecule has 27 heavy (non-hydrogen) atoms. The van der Waals surface area contributed by atoms with Gasteiger partial charge in [0.1, 0.15) is 16.5 Å². The number of likely N-dealkylation sites (tertiary alicyclic amines) is 1. The van der Waals surface area contributed by atoms with Gasteiger partial charge in [0.25, 0.3) is 0 Å². The average molecular weight is 388 g/mol. The number of hydrogen-bond donors (Lipinski definition) is 1. The number of amides is 1. The minimum Gasteiger partial charge on any atom is -0.358 e. The van der Waals surface area contributed by atoms with Crippen LogP contribution in [0.4, 0.5) is 5.82 Å². The van der Waals surface area contributed by atoms with Crippen molar-refractivity contribution in [3.63, 3.8) is 0 Å². The molecule has 4 rings (SSSR count). The zero-order chi connectivity index (χ0) is 18.8. The molecule has 1 aliphatic heterocycles. The Hall–Kier alpha value is -1.73. The van der Waals surface area contributed by atoms with Crippen molar-refractivity contribution in [3.05, 3.63) is 16.3 Å². The number of aromatic nitrogens is 2. The molecule has 2 aromatic rings. The van der Waals surface area contributed by atoms with Crippen LogP contribution in [0.2, 0.25) is 0 Å². The molecule has 7 heteroatoms. The molecule has 1 fully saturated rings. The van der Waals surface area contributed by atoms with Crippen LogP contribution in [0.15, 0.2) is 0 Å².